The summed E-state index contributed by atoms with van der Waals surface area (Å²) >= 11 is 6.06. The number of nitrogen functional groups attached to an aromatic ring is 1. The number of rotatable bonds is 5. The number of carbonyl (C=O) groups excluding carboxylic acids is 1. The van der Waals surface area contributed by atoms with E-state index in [0.717, 1.165) is 46.0 Å². The largest absolute Gasteiger partial charge is 0.398 e. The van der Waals surface area contributed by atoms with Gasteiger partial charge in [-0.1, -0.05) is 17.7 Å². The standard InChI is InChI=1S/C23H22ClN5O/c24-16-2-4-20-15(10-16)11-17(28-20)12-27-22-6-8-29(23(22)30)13-14-1-3-21-18(9-14)19(25)5-7-26-21/h1-5,7,9-11,22,27-28H,6,8,12-13H2,(H2,25,26). The molecule has 6 nitrogen and oxygen atoms in total. The van der Waals surface area contributed by atoms with Crippen LogP contribution in [0.1, 0.15) is 17.7 Å². The molecule has 30 heavy (non-hydrogen) atoms. The number of nitrogens with two attached hydrogens (primary N) is 1. The lowest BCUT2D eigenvalue weighted by Gasteiger charge is -2.17. The quantitative estimate of drug-likeness (QED) is 0.458. The Kier molecular flexibility index (Phi) is 4.81. The minimum atomic E-state index is -0.174. The summed E-state index contributed by atoms with van der Waals surface area (Å²) in [5.41, 5.74) is 10.8. The summed E-state index contributed by atoms with van der Waals surface area (Å²) in [5.74, 6) is 0.133. The number of pyridine rings is 1. The van der Waals surface area contributed by atoms with Crippen molar-refractivity contribution in [3.63, 3.8) is 0 Å². The molecule has 0 spiro atoms. The molecule has 7 heteroatoms. The Morgan fingerprint density at radius 1 is 1.20 bits per heavy atom. The number of aromatic amines is 1. The Hall–Kier alpha value is -3.09. The first-order valence-corrected chi connectivity index (χ1v) is 10.4. The molecule has 152 valence electrons. The van der Waals surface area contributed by atoms with Crippen LogP contribution in [-0.4, -0.2) is 33.4 Å². The van der Waals surface area contributed by atoms with E-state index in [0.29, 0.717) is 23.8 Å². The number of amides is 1. The monoisotopic (exact) mass is 419 g/mol. The molecule has 1 fully saturated rings. The molecule has 1 aliphatic rings. The highest BCUT2D eigenvalue weighted by atomic mass is 35.5. The van der Waals surface area contributed by atoms with Crippen LogP contribution < -0.4 is 11.1 Å². The van der Waals surface area contributed by atoms with E-state index in [9.17, 15) is 4.79 Å². The molecule has 0 aliphatic carbocycles. The first-order valence-electron chi connectivity index (χ1n) is 9.99. The minimum absolute atomic E-state index is 0.133. The van der Waals surface area contributed by atoms with Gasteiger partial charge in [-0.25, -0.2) is 0 Å². The zero-order valence-corrected chi connectivity index (χ0v) is 17.1. The zero-order valence-electron chi connectivity index (χ0n) is 16.4. The topological polar surface area (TPSA) is 87.0 Å². The fourth-order valence-corrected chi connectivity index (χ4v) is 4.29. The Morgan fingerprint density at radius 3 is 3.00 bits per heavy atom. The SMILES string of the molecule is Nc1ccnc2ccc(CN3CCC(NCc4cc5cc(Cl)ccc5[nH]4)C3=O)cc12. The van der Waals surface area contributed by atoms with Crippen molar-refractivity contribution in [2.75, 3.05) is 12.3 Å². The number of aromatic nitrogens is 2. The lowest BCUT2D eigenvalue weighted by Crippen LogP contribution is -2.37. The molecule has 1 amide bonds. The van der Waals surface area contributed by atoms with E-state index in [-0.39, 0.29) is 11.9 Å². The molecule has 0 radical (unpaired) electrons. The van der Waals surface area contributed by atoms with Gasteiger partial charge < -0.3 is 20.9 Å². The van der Waals surface area contributed by atoms with Crippen molar-refractivity contribution in [3.05, 3.63) is 71.0 Å². The normalized spacial score (nSPS) is 16.8. The molecule has 0 saturated carbocycles. The third-order valence-electron chi connectivity index (χ3n) is 5.69. The van der Waals surface area contributed by atoms with Crippen molar-refractivity contribution >= 4 is 45.0 Å². The van der Waals surface area contributed by atoms with E-state index in [4.69, 9.17) is 17.3 Å². The van der Waals surface area contributed by atoms with Gasteiger partial charge in [-0.05, 0) is 54.4 Å². The van der Waals surface area contributed by atoms with Crippen LogP contribution in [0.4, 0.5) is 5.69 Å². The van der Waals surface area contributed by atoms with Crippen molar-refractivity contribution in [2.24, 2.45) is 0 Å². The first kappa shape index (κ1) is 18.9. The second kappa shape index (κ2) is 7.63. The summed E-state index contributed by atoms with van der Waals surface area (Å²) in [6, 6.07) is 15.5. The molecule has 1 aliphatic heterocycles. The second-order valence-electron chi connectivity index (χ2n) is 7.76. The number of nitrogens with zero attached hydrogens (tertiary/aromatic N) is 2. The molecule has 3 heterocycles. The van der Waals surface area contributed by atoms with Crippen LogP contribution in [0.2, 0.25) is 5.02 Å². The maximum atomic E-state index is 12.9. The molecule has 4 aromatic rings. The smallest absolute Gasteiger partial charge is 0.240 e. The molecule has 4 N–H and O–H groups in total. The summed E-state index contributed by atoms with van der Waals surface area (Å²) in [7, 11) is 0. The number of carbonyl (C=O) groups is 1. The Labute approximate surface area is 179 Å². The lowest BCUT2D eigenvalue weighted by atomic mass is 10.1. The number of likely N-dealkylation sites (tertiary alicyclic amines) is 1. The highest BCUT2D eigenvalue weighted by molar-refractivity contribution is 6.31. The summed E-state index contributed by atoms with van der Waals surface area (Å²) in [6.07, 6.45) is 2.50. The fraction of sp³-hybridized carbons (Fsp3) is 0.217. The van der Waals surface area contributed by atoms with Gasteiger partial charge in [0.05, 0.1) is 11.6 Å². The first-order chi connectivity index (χ1) is 14.6. The van der Waals surface area contributed by atoms with Gasteiger partial charge in [0.15, 0.2) is 0 Å². The van der Waals surface area contributed by atoms with Gasteiger partial charge in [-0.2, -0.15) is 0 Å². The zero-order chi connectivity index (χ0) is 20.7. The third kappa shape index (κ3) is 3.60. The molecule has 1 atom stereocenters. The molecule has 1 unspecified atom stereocenters. The van der Waals surface area contributed by atoms with E-state index in [2.05, 4.69) is 21.4 Å². The van der Waals surface area contributed by atoms with Crippen molar-refractivity contribution in [1.82, 2.24) is 20.2 Å². The fourth-order valence-electron chi connectivity index (χ4n) is 4.11. The molecule has 1 saturated heterocycles. The van der Waals surface area contributed by atoms with Gasteiger partial charge in [-0.15, -0.1) is 0 Å². The molecular formula is C23H22ClN5O. The number of halogens is 1. The van der Waals surface area contributed by atoms with Crippen molar-refractivity contribution in [1.29, 1.82) is 0 Å². The lowest BCUT2D eigenvalue weighted by molar-refractivity contribution is -0.129. The second-order valence-corrected chi connectivity index (χ2v) is 8.20. The Morgan fingerprint density at radius 2 is 2.10 bits per heavy atom. The number of fused-ring (bicyclic) bond motifs is 2. The van der Waals surface area contributed by atoms with E-state index in [1.54, 1.807) is 12.3 Å². The predicted molar refractivity (Wildman–Crippen MR) is 120 cm³/mol. The van der Waals surface area contributed by atoms with Gasteiger partial charge >= 0.3 is 0 Å². The van der Waals surface area contributed by atoms with Crippen LogP contribution in [0.5, 0.6) is 0 Å². The number of hydrogen-bond acceptors (Lipinski definition) is 4. The average Bonchev–Trinajstić information content (AvgIpc) is 3.30. The van der Waals surface area contributed by atoms with Gasteiger partial charge in [0.25, 0.3) is 0 Å². The minimum Gasteiger partial charge on any atom is -0.398 e. The van der Waals surface area contributed by atoms with Gasteiger partial charge in [-0.3, -0.25) is 9.78 Å². The maximum Gasteiger partial charge on any atom is 0.240 e. The van der Waals surface area contributed by atoms with E-state index in [1.807, 2.05) is 41.3 Å². The van der Waals surface area contributed by atoms with Crippen molar-refractivity contribution < 1.29 is 4.79 Å². The Bertz CT molecular complexity index is 1250. The van der Waals surface area contributed by atoms with Crippen LogP contribution in [0.3, 0.4) is 0 Å². The van der Waals surface area contributed by atoms with Crippen LogP contribution in [0, 0.1) is 0 Å². The predicted octanol–water partition coefficient (Wildman–Crippen LogP) is 3.84. The van der Waals surface area contributed by atoms with Crippen molar-refractivity contribution in [3.8, 4) is 0 Å². The van der Waals surface area contributed by atoms with E-state index in [1.165, 1.54) is 0 Å². The number of anilines is 1. The molecule has 2 aromatic heterocycles. The average molecular weight is 420 g/mol. The van der Waals surface area contributed by atoms with Gasteiger partial charge in [0, 0.05) is 58.5 Å². The summed E-state index contributed by atoms with van der Waals surface area (Å²) in [5, 5.41) is 6.11. The van der Waals surface area contributed by atoms with Crippen LogP contribution >= 0.6 is 11.6 Å². The number of benzene rings is 2. The number of nitrogens with one attached hydrogen (secondary N) is 2. The van der Waals surface area contributed by atoms with Crippen LogP contribution in [0.25, 0.3) is 21.8 Å². The summed E-state index contributed by atoms with van der Waals surface area (Å²) in [4.78, 5) is 22.5. The van der Waals surface area contributed by atoms with Crippen LogP contribution in [0.15, 0.2) is 54.7 Å². The van der Waals surface area contributed by atoms with E-state index < -0.39 is 0 Å². The molecule has 2 aromatic carbocycles. The molecule has 0 bridgehead atoms. The summed E-state index contributed by atoms with van der Waals surface area (Å²) in [6.45, 7) is 1.92. The highest BCUT2D eigenvalue weighted by Crippen LogP contribution is 2.23. The van der Waals surface area contributed by atoms with Crippen molar-refractivity contribution in [2.45, 2.75) is 25.6 Å². The maximum absolute atomic E-state index is 12.9. The number of hydrogen-bond donors (Lipinski definition) is 3. The highest BCUT2D eigenvalue weighted by Gasteiger charge is 2.31. The molecule has 5 rings (SSSR count). The molecular weight excluding hydrogens is 398 g/mol. The van der Waals surface area contributed by atoms with E-state index >= 15 is 0 Å². The number of H-pyrrole nitrogens is 1. The third-order valence-corrected chi connectivity index (χ3v) is 5.92. The Balaban J connectivity index is 1.24. The summed E-state index contributed by atoms with van der Waals surface area (Å²) < 4.78 is 0. The van der Waals surface area contributed by atoms with Gasteiger partial charge in [0.1, 0.15) is 0 Å². The van der Waals surface area contributed by atoms with Gasteiger partial charge in [0.2, 0.25) is 5.91 Å². The van der Waals surface area contributed by atoms with Crippen LogP contribution in [-0.2, 0) is 17.9 Å².